The van der Waals surface area contributed by atoms with E-state index in [0.717, 1.165) is 71.1 Å². The second kappa shape index (κ2) is 19.2. The Morgan fingerprint density at radius 1 is 0.690 bits per heavy atom. The van der Waals surface area contributed by atoms with Gasteiger partial charge >= 0.3 is 0 Å². The maximum absolute atomic E-state index is 12.0. The molecule has 1 saturated heterocycles. The van der Waals surface area contributed by atoms with Gasteiger partial charge in [0.05, 0.1) is 0 Å². The van der Waals surface area contributed by atoms with Crippen LogP contribution in [0.2, 0.25) is 0 Å². The molecule has 1 aliphatic rings. The second-order valence-corrected chi connectivity index (χ2v) is 7.08. The maximum atomic E-state index is 12.0. The van der Waals surface area contributed by atoms with Crippen molar-refractivity contribution in [1.29, 1.82) is 0 Å². The Morgan fingerprint density at radius 3 is 1.55 bits per heavy atom. The summed E-state index contributed by atoms with van der Waals surface area (Å²) in [6.07, 6.45) is 33.9. The van der Waals surface area contributed by atoms with Crippen molar-refractivity contribution in [2.45, 2.75) is 58.3 Å². The molecule has 3 nitrogen and oxygen atoms in total. The molecule has 1 rings (SSSR count). The lowest BCUT2D eigenvalue weighted by Crippen LogP contribution is -2.46. The first-order chi connectivity index (χ1) is 14.3. The van der Waals surface area contributed by atoms with Crippen molar-refractivity contribution in [3.05, 3.63) is 72.9 Å². The summed E-state index contributed by atoms with van der Waals surface area (Å²) in [5.41, 5.74) is 0. The lowest BCUT2D eigenvalue weighted by Gasteiger charge is -2.27. The van der Waals surface area contributed by atoms with Gasteiger partial charge in [0.2, 0.25) is 5.91 Å². The van der Waals surface area contributed by atoms with Crippen molar-refractivity contribution < 1.29 is 4.79 Å². The van der Waals surface area contributed by atoms with Crippen molar-refractivity contribution in [2.24, 2.45) is 0 Å². The fourth-order valence-corrected chi connectivity index (χ4v) is 2.92. The summed E-state index contributed by atoms with van der Waals surface area (Å²) in [4.78, 5) is 14.0. The number of rotatable bonds is 14. The molecule has 1 aliphatic heterocycles. The first-order valence-electron chi connectivity index (χ1n) is 11.2. The molecule has 0 aromatic carbocycles. The van der Waals surface area contributed by atoms with Gasteiger partial charge in [0, 0.05) is 32.6 Å². The van der Waals surface area contributed by atoms with Crippen LogP contribution in [-0.4, -0.2) is 37.0 Å². The number of allylic oxidation sites excluding steroid dienone is 12. The standard InChI is InChI=1S/C26H40N2O/c1-2-3-4-5-6-7-8-9-10-11-12-13-14-15-16-17-18-19-20-21-26(29)28-24-22-27-23-25-28/h3-4,6-7,9-10,12-13,15-16,18-19,27H,2,5,8,11,14,17,20-25H2,1H3/b4-3+,7-6+,10-9+,13-12+,16-15+,19-18+. The highest BCUT2D eigenvalue weighted by Crippen LogP contribution is 2.02. The number of nitrogens with one attached hydrogen (secondary N) is 1. The van der Waals surface area contributed by atoms with E-state index < -0.39 is 0 Å². The minimum atomic E-state index is 0.283. The van der Waals surface area contributed by atoms with Crippen LogP contribution in [0.15, 0.2) is 72.9 Å². The van der Waals surface area contributed by atoms with Crippen molar-refractivity contribution in [2.75, 3.05) is 26.2 Å². The zero-order valence-electron chi connectivity index (χ0n) is 18.3. The van der Waals surface area contributed by atoms with Crippen LogP contribution in [0.3, 0.4) is 0 Å². The van der Waals surface area contributed by atoms with Crippen LogP contribution in [0.4, 0.5) is 0 Å². The number of hydrogen-bond acceptors (Lipinski definition) is 2. The zero-order valence-corrected chi connectivity index (χ0v) is 18.3. The molecule has 29 heavy (non-hydrogen) atoms. The van der Waals surface area contributed by atoms with Crippen molar-refractivity contribution in [3.8, 4) is 0 Å². The highest BCUT2D eigenvalue weighted by molar-refractivity contribution is 5.76. The van der Waals surface area contributed by atoms with Crippen LogP contribution in [0.5, 0.6) is 0 Å². The van der Waals surface area contributed by atoms with Gasteiger partial charge in [-0.05, 0) is 44.9 Å². The summed E-state index contributed by atoms with van der Waals surface area (Å²) in [6, 6.07) is 0. The van der Waals surface area contributed by atoms with Gasteiger partial charge in [0.25, 0.3) is 0 Å². The average molecular weight is 397 g/mol. The molecular weight excluding hydrogens is 356 g/mol. The van der Waals surface area contributed by atoms with E-state index in [0.29, 0.717) is 6.42 Å². The SMILES string of the molecule is CC/C=C/C/C=C/C/C=C/C/C=C/C/C=C/C/C=C/CCC(=O)N1CCNCC1. The Kier molecular flexibility index (Phi) is 16.5. The molecule has 1 amide bonds. The number of carbonyl (C=O) groups is 1. The molecule has 0 spiro atoms. The highest BCUT2D eigenvalue weighted by Gasteiger charge is 2.14. The monoisotopic (exact) mass is 396 g/mol. The summed E-state index contributed by atoms with van der Waals surface area (Å²) < 4.78 is 0. The number of amides is 1. The van der Waals surface area contributed by atoms with Gasteiger partial charge in [-0.25, -0.2) is 0 Å². The summed E-state index contributed by atoms with van der Waals surface area (Å²) in [7, 11) is 0. The van der Waals surface area contributed by atoms with E-state index in [1.54, 1.807) is 0 Å². The molecule has 0 aliphatic carbocycles. The van der Waals surface area contributed by atoms with E-state index >= 15 is 0 Å². The van der Waals surface area contributed by atoms with Gasteiger partial charge in [-0.1, -0.05) is 79.8 Å². The predicted octanol–water partition coefficient (Wildman–Crippen LogP) is 5.90. The lowest BCUT2D eigenvalue weighted by molar-refractivity contribution is -0.131. The molecule has 0 saturated carbocycles. The Bertz CT molecular complexity index is 576. The average Bonchev–Trinajstić information content (AvgIpc) is 2.75. The van der Waals surface area contributed by atoms with Gasteiger partial charge in [0.15, 0.2) is 0 Å². The highest BCUT2D eigenvalue weighted by atomic mass is 16.2. The molecule has 0 aromatic heterocycles. The van der Waals surface area contributed by atoms with E-state index in [9.17, 15) is 4.79 Å². The molecule has 1 heterocycles. The Hall–Kier alpha value is -2.13. The largest absolute Gasteiger partial charge is 0.340 e. The maximum Gasteiger partial charge on any atom is 0.222 e. The lowest BCUT2D eigenvalue weighted by atomic mass is 10.2. The van der Waals surface area contributed by atoms with Gasteiger partial charge in [-0.2, -0.15) is 0 Å². The van der Waals surface area contributed by atoms with Crippen LogP contribution >= 0.6 is 0 Å². The van der Waals surface area contributed by atoms with Gasteiger partial charge < -0.3 is 10.2 Å². The van der Waals surface area contributed by atoms with Gasteiger partial charge in [0.1, 0.15) is 0 Å². The fourth-order valence-electron chi connectivity index (χ4n) is 2.92. The van der Waals surface area contributed by atoms with E-state index in [-0.39, 0.29) is 5.91 Å². The van der Waals surface area contributed by atoms with Crippen molar-refractivity contribution in [1.82, 2.24) is 10.2 Å². The zero-order chi connectivity index (χ0) is 20.8. The predicted molar refractivity (Wildman–Crippen MR) is 127 cm³/mol. The van der Waals surface area contributed by atoms with Crippen LogP contribution in [0, 0.1) is 0 Å². The Balaban J connectivity index is 1.96. The van der Waals surface area contributed by atoms with Gasteiger partial charge in [-0.15, -0.1) is 0 Å². The molecule has 0 unspecified atom stereocenters. The fraction of sp³-hybridized carbons (Fsp3) is 0.500. The normalized spacial score (nSPS) is 16.1. The Morgan fingerprint density at radius 2 is 1.10 bits per heavy atom. The van der Waals surface area contributed by atoms with E-state index in [4.69, 9.17) is 0 Å². The van der Waals surface area contributed by atoms with E-state index in [1.165, 1.54) is 0 Å². The molecule has 160 valence electrons. The second-order valence-electron chi connectivity index (χ2n) is 7.08. The van der Waals surface area contributed by atoms with Crippen LogP contribution in [0.25, 0.3) is 0 Å². The summed E-state index contributed by atoms with van der Waals surface area (Å²) >= 11 is 0. The molecule has 0 radical (unpaired) electrons. The summed E-state index contributed by atoms with van der Waals surface area (Å²) in [6.45, 7) is 5.70. The smallest absolute Gasteiger partial charge is 0.222 e. The number of carbonyl (C=O) groups excluding carboxylic acids is 1. The topological polar surface area (TPSA) is 32.3 Å². The first kappa shape index (κ1) is 24.9. The first-order valence-corrected chi connectivity index (χ1v) is 11.2. The van der Waals surface area contributed by atoms with Crippen molar-refractivity contribution >= 4 is 5.91 Å². The molecule has 0 aromatic rings. The molecule has 0 bridgehead atoms. The van der Waals surface area contributed by atoms with Crippen LogP contribution in [-0.2, 0) is 4.79 Å². The van der Waals surface area contributed by atoms with E-state index in [2.05, 4.69) is 85.2 Å². The molecule has 0 atom stereocenters. The molecule has 3 heteroatoms. The van der Waals surface area contributed by atoms with Gasteiger partial charge in [-0.3, -0.25) is 4.79 Å². The summed E-state index contributed by atoms with van der Waals surface area (Å²) in [5.74, 6) is 0.283. The van der Waals surface area contributed by atoms with Crippen LogP contribution in [0.1, 0.15) is 58.3 Å². The molecular formula is C26H40N2O. The van der Waals surface area contributed by atoms with Crippen molar-refractivity contribution in [3.63, 3.8) is 0 Å². The minimum absolute atomic E-state index is 0.283. The number of nitrogens with zero attached hydrogens (tertiary/aromatic N) is 1. The van der Waals surface area contributed by atoms with E-state index in [1.807, 2.05) is 4.90 Å². The third-order valence-electron chi connectivity index (χ3n) is 4.59. The summed E-state index contributed by atoms with van der Waals surface area (Å²) in [5, 5.41) is 3.27. The Labute approximate surface area is 178 Å². The third kappa shape index (κ3) is 15.5. The minimum Gasteiger partial charge on any atom is -0.340 e. The molecule has 1 N–H and O–H groups in total. The number of piperazine rings is 1. The third-order valence-corrected chi connectivity index (χ3v) is 4.59. The van der Waals surface area contributed by atoms with Crippen LogP contribution < -0.4 is 5.32 Å². The molecule has 1 fully saturated rings. The quantitative estimate of drug-likeness (QED) is 0.371. The number of hydrogen-bond donors (Lipinski definition) is 1.